The van der Waals surface area contributed by atoms with Gasteiger partial charge in [-0.05, 0) is 24.7 Å². The molecule has 8 heteroatoms. The molecule has 25 heavy (non-hydrogen) atoms. The summed E-state index contributed by atoms with van der Waals surface area (Å²) in [7, 11) is 0. The van der Waals surface area contributed by atoms with Crippen molar-refractivity contribution < 1.29 is 19.4 Å². The van der Waals surface area contributed by atoms with Gasteiger partial charge in [-0.2, -0.15) is 0 Å². The van der Waals surface area contributed by atoms with E-state index in [1.807, 2.05) is 13.8 Å². The summed E-state index contributed by atoms with van der Waals surface area (Å²) in [5.41, 5.74) is -1.16. The number of non-ortho nitro benzene ring substituents is 2. The number of benzene rings is 1. The second-order valence-electron chi connectivity index (χ2n) is 6.76. The molecule has 136 valence electrons. The van der Waals surface area contributed by atoms with Crippen molar-refractivity contribution in [1.82, 2.24) is 0 Å². The fraction of sp³-hybridized carbons (Fsp3) is 0.588. The molecule has 1 aliphatic carbocycles. The van der Waals surface area contributed by atoms with E-state index in [0.717, 1.165) is 43.9 Å². The summed E-state index contributed by atoms with van der Waals surface area (Å²) in [6.07, 6.45) is 5.01. The zero-order chi connectivity index (χ0) is 18.6. The van der Waals surface area contributed by atoms with Gasteiger partial charge < -0.3 is 4.74 Å². The summed E-state index contributed by atoms with van der Waals surface area (Å²) in [6, 6.07) is 2.87. The first-order valence-electron chi connectivity index (χ1n) is 8.44. The normalized spacial score (nSPS) is 16.4. The van der Waals surface area contributed by atoms with Gasteiger partial charge in [-0.25, -0.2) is 4.79 Å². The largest absolute Gasteiger partial charge is 0.458 e. The molecule has 1 aromatic rings. The third-order valence-corrected chi connectivity index (χ3v) is 4.57. The highest BCUT2D eigenvalue weighted by Gasteiger charge is 2.30. The van der Waals surface area contributed by atoms with Crippen LogP contribution in [0.4, 0.5) is 11.4 Å². The highest BCUT2D eigenvalue weighted by Crippen LogP contribution is 2.32. The SMILES string of the molecule is CC(C)[C@@H](OC(=O)c1cc([N+](=O)[O-])cc([N+](=O)[O-])c1)C1CCCCC1. The molecule has 8 nitrogen and oxygen atoms in total. The Labute approximate surface area is 145 Å². The van der Waals surface area contributed by atoms with Crippen molar-refractivity contribution in [3.63, 3.8) is 0 Å². The number of carbonyl (C=O) groups is 1. The van der Waals surface area contributed by atoms with Gasteiger partial charge in [0.25, 0.3) is 11.4 Å². The number of esters is 1. The molecule has 1 saturated carbocycles. The predicted octanol–water partition coefficient (Wildman–Crippen LogP) is 4.26. The van der Waals surface area contributed by atoms with Gasteiger partial charge in [0.15, 0.2) is 0 Å². The number of rotatable bonds is 6. The Hall–Kier alpha value is -2.51. The zero-order valence-electron chi connectivity index (χ0n) is 14.3. The third kappa shape index (κ3) is 4.74. The summed E-state index contributed by atoms with van der Waals surface area (Å²) in [4.78, 5) is 32.9. The number of ether oxygens (including phenoxy) is 1. The lowest BCUT2D eigenvalue weighted by atomic mass is 9.81. The molecule has 1 aromatic carbocycles. The maximum Gasteiger partial charge on any atom is 0.338 e. The molecule has 0 aliphatic heterocycles. The van der Waals surface area contributed by atoms with Crippen molar-refractivity contribution in [2.75, 3.05) is 0 Å². The molecule has 0 saturated heterocycles. The van der Waals surface area contributed by atoms with E-state index in [0.29, 0.717) is 0 Å². The van der Waals surface area contributed by atoms with Crippen molar-refractivity contribution in [3.05, 3.63) is 44.0 Å². The molecule has 1 fully saturated rings. The lowest BCUT2D eigenvalue weighted by molar-refractivity contribution is -0.394. The molecule has 2 rings (SSSR count). The Bertz CT molecular complexity index is 635. The van der Waals surface area contributed by atoms with E-state index < -0.39 is 27.2 Å². The topological polar surface area (TPSA) is 113 Å². The van der Waals surface area contributed by atoms with Crippen LogP contribution < -0.4 is 0 Å². The number of carbonyl (C=O) groups excluding carboxylic acids is 1. The van der Waals surface area contributed by atoms with Gasteiger partial charge >= 0.3 is 5.97 Å². The average Bonchev–Trinajstić information content (AvgIpc) is 2.59. The van der Waals surface area contributed by atoms with Crippen LogP contribution in [0.1, 0.15) is 56.3 Å². The summed E-state index contributed by atoms with van der Waals surface area (Å²) < 4.78 is 5.62. The Morgan fingerprint density at radius 3 is 2.00 bits per heavy atom. The van der Waals surface area contributed by atoms with Crippen molar-refractivity contribution >= 4 is 17.3 Å². The lowest BCUT2D eigenvalue weighted by Gasteiger charge is -2.32. The maximum atomic E-state index is 12.5. The van der Waals surface area contributed by atoms with E-state index in [1.165, 1.54) is 6.42 Å². The first-order valence-corrected chi connectivity index (χ1v) is 8.44. The van der Waals surface area contributed by atoms with Gasteiger partial charge in [-0.3, -0.25) is 20.2 Å². The smallest absolute Gasteiger partial charge is 0.338 e. The number of nitro groups is 2. The second-order valence-corrected chi connectivity index (χ2v) is 6.76. The van der Waals surface area contributed by atoms with Crippen LogP contribution in [-0.4, -0.2) is 21.9 Å². The van der Waals surface area contributed by atoms with Crippen LogP contribution in [0.3, 0.4) is 0 Å². The van der Waals surface area contributed by atoms with Crippen LogP contribution >= 0.6 is 0 Å². The highest BCUT2D eigenvalue weighted by atomic mass is 16.6. The summed E-state index contributed by atoms with van der Waals surface area (Å²) in [6.45, 7) is 3.92. The minimum Gasteiger partial charge on any atom is -0.458 e. The Morgan fingerprint density at radius 2 is 1.56 bits per heavy atom. The van der Waals surface area contributed by atoms with Gasteiger partial charge in [-0.1, -0.05) is 33.1 Å². The quantitative estimate of drug-likeness (QED) is 0.430. The molecule has 0 spiro atoms. The molecule has 0 N–H and O–H groups in total. The number of hydrogen-bond donors (Lipinski definition) is 0. The monoisotopic (exact) mass is 350 g/mol. The zero-order valence-corrected chi connectivity index (χ0v) is 14.3. The van der Waals surface area contributed by atoms with Gasteiger partial charge in [0.2, 0.25) is 0 Å². The lowest BCUT2D eigenvalue weighted by Crippen LogP contribution is -2.33. The molecular formula is C17H22N2O6. The van der Waals surface area contributed by atoms with Gasteiger partial charge in [0.1, 0.15) is 6.10 Å². The van der Waals surface area contributed by atoms with Crippen molar-refractivity contribution in [3.8, 4) is 0 Å². The number of hydrogen-bond acceptors (Lipinski definition) is 6. The molecule has 0 unspecified atom stereocenters. The maximum absolute atomic E-state index is 12.5. The van der Waals surface area contributed by atoms with Crippen LogP contribution in [0, 0.1) is 32.1 Å². The predicted molar refractivity (Wildman–Crippen MR) is 90.4 cm³/mol. The fourth-order valence-corrected chi connectivity index (χ4v) is 3.35. The summed E-state index contributed by atoms with van der Waals surface area (Å²) in [5.74, 6) is -0.400. The van der Waals surface area contributed by atoms with Crippen LogP contribution in [0.5, 0.6) is 0 Å². The summed E-state index contributed by atoms with van der Waals surface area (Å²) >= 11 is 0. The van der Waals surface area contributed by atoms with E-state index in [-0.39, 0.29) is 23.5 Å². The minimum atomic E-state index is -0.759. The van der Waals surface area contributed by atoms with E-state index in [1.54, 1.807) is 0 Å². The van der Waals surface area contributed by atoms with Crippen LogP contribution in [0.15, 0.2) is 18.2 Å². The molecule has 0 amide bonds. The van der Waals surface area contributed by atoms with E-state index in [2.05, 4.69) is 0 Å². The third-order valence-electron chi connectivity index (χ3n) is 4.57. The standard InChI is InChI=1S/C17H22N2O6/c1-11(2)16(12-6-4-3-5-7-12)25-17(20)13-8-14(18(21)22)10-15(9-13)19(23)24/h8-12,16H,3-7H2,1-2H3/t16-/m1/s1. The van der Waals surface area contributed by atoms with Gasteiger partial charge in [0.05, 0.1) is 21.5 Å². The Kier molecular flexibility index (Phi) is 6.06. The molecule has 0 heterocycles. The van der Waals surface area contributed by atoms with Crippen LogP contribution in [-0.2, 0) is 4.74 Å². The van der Waals surface area contributed by atoms with Crippen LogP contribution in [0.25, 0.3) is 0 Å². The van der Waals surface area contributed by atoms with E-state index in [4.69, 9.17) is 4.74 Å². The first kappa shape index (κ1) is 18.8. The van der Waals surface area contributed by atoms with Crippen molar-refractivity contribution in [2.45, 2.75) is 52.1 Å². The fourth-order valence-electron chi connectivity index (χ4n) is 3.35. The first-order chi connectivity index (χ1) is 11.8. The summed E-state index contributed by atoms with van der Waals surface area (Å²) in [5, 5.41) is 21.9. The number of nitro benzene ring substituents is 2. The van der Waals surface area contributed by atoms with Crippen LogP contribution in [0.2, 0.25) is 0 Å². The molecule has 0 radical (unpaired) electrons. The molecule has 1 atom stereocenters. The van der Waals surface area contributed by atoms with E-state index >= 15 is 0 Å². The minimum absolute atomic E-state index is 0.0979. The Balaban J connectivity index is 2.25. The van der Waals surface area contributed by atoms with Gasteiger partial charge in [0, 0.05) is 12.1 Å². The molecular weight excluding hydrogens is 328 g/mol. The van der Waals surface area contributed by atoms with E-state index in [9.17, 15) is 25.0 Å². The van der Waals surface area contributed by atoms with Crippen molar-refractivity contribution in [2.24, 2.45) is 11.8 Å². The van der Waals surface area contributed by atoms with Gasteiger partial charge in [-0.15, -0.1) is 0 Å². The molecule has 1 aliphatic rings. The molecule has 0 bridgehead atoms. The Morgan fingerprint density at radius 1 is 1.04 bits per heavy atom. The van der Waals surface area contributed by atoms with Crippen molar-refractivity contribution in [1.29, 1.82) is 0 Å². The second kappa shape index (κ2) is 8.04. The highest BCUT2D eigenvalue weighted by molar-refractivity contribution is 5.91. The number of nitrogens with zero attached hydrogens (tertiary/aromatic N) is 2. The molecule has 0 aromatic heterocycles. The average molecular weight is 350 g/mol.